The SMILES string of the molecule is COc1ccc(CC(CN)c2cc(C(C)C)ccc2OC)cc1. The predicted octanol–water partition coefficient (Wildman–Crippen LogP) is 4.11. The van der Waals surface area contributed by atoms with E-state index in [1.165, 1.54) is 16.7 Å². The molecule has 2 aromatic carbocycles. The molecule has 0 saturated heterocycles. The van der Waals surface area contributed by atoms with Crippen LogP contribution in [0.4, 0.5) is 0 Å². The van der Waals surface area contributed by atoms with Gasteiger partial charge in [0.1, 0.15) is 11.5 Å². The van der Waals surface area contributed by atoms with Crippen molar-refractivity contribution in [2.24, 2.45) is 5.73 Å². The Morgan fingerprint density at radius 3 is 2.17 bits per heavy atom. The summed E-state index contributed by atoms with van der Waals surface area (Å²) in [5.74, 6) is 2.51. The molecule has 0 amide bonds. The minimum atomic E-state index is 0.233. The minimum absolute atomic E-state index is 0.233. The van der Waals surface area contributed by atoms with Gasteiger partial charge in [-0.1, -0.05) is 38.1 Å². The van der Waals surface area contributed by atoms with E-state index in [0.717, 1.165) is 17.9 Å². The van der Waals surface area contributed by atoms with Gasteiger partial charge in [-0.2, -0.15) is 0 Å². The van der Waals surface area contributed by atoms with Gasteiger partial charge in [0.15, 0.2) is 0 Å². The monoisotopic (exact) mass is 313 g/mol. The summed E-state index contributed by atoms with van der Waals surface area (Å²) in [6, 6.07) is 14.6. The van der Waals surface area contributed by atoms with E-state index in [1.54, 1.807) is 14.2 Å². The highest BCUT2D eigenvalue weighted by atomic mass is 16.5. The van der Waals surface area contributed by atoms with Crippen LogP contribution in [0.25, 0.3) is 0 Å². The van der Waals surface area contributed by atoms with Crippen molar-refractivity contribution in [2.75, 3.05) is 20.8 Å². The van der Waals surface area contributed by atoms with E-state index in [1.807, 2.05) is 12.1 Å². The van der Waals surface area contributed by atoms with Crippen LogP contribution < -0.4 is 15.2 Å². The van der Waals surface area contributed by atoms with Gasteiger partial charge >= 0.3 is 0 Å². The Labute approximate surface area is 139 Å². The van der Waals surface area contributed by atoms with Crippen molar-refractivity contribution in [3.63, 3.8) is 0 Å². The Kier molecular flexibility index (Phi) is 6.05. The molecule has 0 aromatic heterocycles. The highest BCUT2D eigenvalue weighted by molar-refractivity contribution is 5.42. The van der Waals surface area contributed by atoms with Gasteiger partial charge in [-0.3, -0.25) is 0 Å². The van der Waals surface area contributed by atoms with Gasteiger partial charge in [-0.05, 0) is 53.8 Å². The van der Waals surface area contributed by atoms with E-state index in [4.69, 9.17) is 15.2 Å². The first-order chi connectivity index (χ1) is 11.1. The number of ether oxygens (including phenoxy) is 2. The molecule has 2 aromatic rings. The molecule has 0 radical (unpaired) electrons. The maximum Gasteiger partial charge on any atom is 0.122 e. The van der Waals surface area contributed by atoms with Gasteiger partial charge in [0.05, 0.1) is 14.2 Å². The Hall–Kier alpha value is -2.00. The standard InChI is InChI=1S/C20H27NO2/c1-14(2)16-7-10-20(23-4)19(12-16)17(13-21)11-15-5-8-18(22-3)9-6-15/h5-10,12,14,17H,11,13,21H2,1-4H3. The van der Waals surface area contributed by atoms with E-state index < -0.39 is 0 Å². The summed E-state index contributed by atoms with van der Waals surface area (Å²) in [7, 11) is 3.40. The second kappa shape index (κ2) is 8.02. The van der Waals surface area contributed by atoms with E-state index in [-0.39, 0.29) is 5.92 Å². The highest BCUT2D eigenvalue weighted by Gasteiger charge is 2.17. The van der Waals surface area contributed by atoms with Crippen molar-refractivity contribution < 1.29 is 9.47 Å². The summed E-state index contributed by atoms with van der Waals surface area (Å²) in [6.45, 7) is 4.99. The van der Waals surface area contributed by atoms with Crippen molar-refractivity contribution in [3.05, 3.63) is 59.2 Å². The van der Waals surface area contributed by atoms with Gasteiger partial charge in [0, 0.05) is 5.92 Å². The normalized spacial score (nSPS) is 12.3. The molecule has 0 heterocycles. The molecular weight excluding hydrogens is 286 g/mol. The molecule has 1 atom stereocenters. The molecule has 23 heavy (non-hydrogen) atoms. The second-order valence-corrected chi connectivity index (χ2v) is 6.14. The van der Waals surface area contributed by atoms with Crippen LogP contribution in [0.1, 0.15) is 42.4 Å². The average Bonchev–Trinajstić information content (AvgIpc) is 2.59. The Balaban J connectivity index is 2.29. The molecule has 0 spiro atoms. The van der Waals surface area contributed by atoms with Crippen molar-refractivity contribution in [1.29, 1.82) is 0 Å². The summed E-state index contributed by atoms with van der Waals surface area (Å²) in [6.07, 6.45) is 0.887. The lowest BCUT2D eigenvalue weighted by atomic mass is 9.88. The number of nitrogens with two attached hydrogens (primary N) is 1. The average molecular weight is 313 g/mol. The Morgan fingerprint density at radius 1 is 0.957 bits per heavy atom. The second-order valence-electron chi connectivity index (χ2n) is 6.14. The number of hydrogen-bond donors (Lipinski definition) is 1. The van der Waals surface area contributed by atoms with Gasteiger partial charge < -0.3 is 15.2 Å². The molecule has 3 nitrogen and oxygen atoms in total. The summed E-state index contributed by atoms with van der Waals surface area (Å²) in [5, 5.41) is 0. The quantitative estimate of drug-likeness (QED) is 0.836. The minimum Gasteiger partial charge on any atom is -0.497 e. The number of benzene rings is 2. The zero-order chi connectivity index (χ0) is 16.8. The molecule has 0 bridgehead atoms. The van der Waals surface area contributed by atoms with Gasteiger partial charge in [-0.15, -0.1) is 0 Å². The lowest BCUT2D eigenvalue weighted by Gasteiger charge is -2.20. The maximum atomic E-state index is 6.08. The van der Waals surface area contributed by atoms with Crippen LogP contribution in [0.2, 0.25) is 0 Å². The molecule has 2 rings (SSSR count). The van der Waals surface area contributed by atoms with Crippen molar-refractivity contribution in [1.82, 2.24) is 0 Å². The van der Waals surface area contributed by atoms with Crippen LogP contribution in [-0.2, 0) is 6.42 Å². The van der Waals surface area contributed by atoms with E-state index in [9.17, 15) is 0 Å². The zero-order valence-corrected chi connectivity index (χ0v) is 14.5. The van der Waals surface area contributed by atoms with Crippen LogP contribution in [0.3, 0.4) is 0 Å². The van der Waals surface area contributed by atoms with E-state index >= 15 is 0 Å². The highest BCUT2D eigenvalue weighted by Crippen LogP contribution is 2.32. The lowest BCUT2D eigenvalue weighted by molar-refractivity contribution is 0.404. The van der Waals surface area contributed by atoms with Crippen LogP contribution in [-0.4, -0.2) is 20.8 Å². The number of hydrogen-bond acceptors (Lipinski definition) is 3. The third-order valence-electron chi connectivity index (χ3n) is 4.29. The zero-order valence-electron chi connectivity index (χ0n) is 14.5. The molecule has 2 N–H and O–H groups in total. The van der Waals surface area contributed by atoms with Crippen LogP contribution >= 0.6 is 0 Å². The van der Waals surface area contributed by atoms with E-state index in [0.29, 0.717) is 12.5 Å². The first-order valence-corrected chi connectivity index (χ1v) is 8.09. The van der Waals surface area contributed by atoms with E-state index in [2.05, 4.69) is 44.2 Å². The van der Waals surface area contributed by atoms with Crippen LogP contribution in [0.15, 0.2) is 42.5 Å². The molecule has 0 aliphatic rings. The fourth-order valence-corrected chi connectivity index (χ4v) is 2.80. The topological polar surface area (TPSA) is 44.5 Å². The van der Waals surface area contributed by atoms with Crippen molar-refractivity contribution in [3.8, 4) is 11.5 Å². The smallest absolute Gasteiger partial charge is 0.122 e. The fraction of sp³-hybridized carbons (Fsp3) is 0.400. The molecule has 1 unspecified atom stereocenters. The molecule has 0 aliphatic carbocycles. The first-order valence-electron chi connectivity index (χ1n) is 8.09. The summed E-state index contributed by atoms with van der Waals surface area (Å²) in [4.78, 5) is 0. The van der Waals surface area contributed by atoms with Gasteiger partial charge in [0.25, 0.3) is 0 Å². The molecule has 0 aliphatic heterocycles. The summed E-state index contributed by atoms with van der Waals surface area (Å²) in [5.41, 5.74) is 9.83. The summed E-state index contributed by atoms with van der Waals surface area (Å²) < 4.78 is 10.8. The number of rotatable bonds is 7. The lowest BCUT2D eigenvalue weighted by Crippen LogP contribution is -2.16. The fourth-order valence-electron chi connectivity index (χ4n) is 2.80. The van der Waals surface area contributed by atoms with Crippen molar-refractivity contribution in [2.45, 2.75) is 32.1 Å². The third-order valence-corrected chi connectivity index (χ3v) is 4.29. The molecule has 3 heteroatoms. The Morgan fingerprint density at radius 2 is 1.65 bits per heavy atom. The van der Waals surface area contributed by atoms with Crippen LogP contribution in [0.5, 0.6) is 11.5 Å². The third kappa shape index (κ3) is 4.26. The van der Waals surface area contributed by atoms with Crippen LogP contribution in [0, 0.1) is 0 Å². The Bertz CT molecular complexity index is 620. The van der Waals surface area contributed by atoms with Crippen molar-refractivity contribution >= 4 is 0 Å². The maximum absolute atomic E-state index is 6.08. The van der Waals surface area contributed by atoms with Gasteiger partial charge in [-0.25, -0.2) is 0 Å². The molecular formula is C20H27NO2. The molecule has 0 fully saturated rings. The first kappa shape index (κ1) is 17.4. The molecule has 124 valence electrons. The van der Waals surface area contributed by atoms with Gasteiger partial charge in [0.2, 0.25) is 0 Å². The number of methoxy groups -OCH3 is 2. The predicted molar refractivity (Wildman–Crippen MR) is 95.6 cm³/mol. The largest absolute Gasteiger partial charge is 0.497 e. The molecule has 0 saturated carbocycles. The summed E-state index contributed by atoms with van der Waals surface area (Å²) >= 11 is 0.